The quantitative estimate of drug-likeness (QED) is 0.229. The number of amides is 2. The highest BCUT2D eigenvalue weighted by Gasteiger charge is 2.35. The minimum atomic E-state index is -0.746. The molecule has 10 heteroatoms. The lowest BCUT2D eigenvalue weighted by molar-refractivity contribution is -0.122. The molecule has 3 aromatic carbocycles. The summed E-state index contributed by atoms with van der Waals surface area (Å²) >= 11 is 12.0. The normalized spacial score (nSPS) is 14.6. The minimum absolute atomic E-state index is 0.0582. The van der Waals surface area contributed by atoms with Crippen LogP contribution in [0.5, 0.6) is 5.75 Å². The lowest BCUT2D eigenvalue weighted by atomic mass is 10.1. The molecule has 35 heavy (non-hydrogen) atoms. The van der Waals surface area contributed by atoms with E-state index in [0.717, 1.165) is 10.5 Å². The molecule has 0 unspecified atom stereocenters. The first-order valence-corrected chi connectivity index (χ1v) is 12.1. The summed E-state index contributed by atoms with van der Waals surface area (Å²) in [6.07, 6.45) is 1.39. The zero-order valence-corrected chi connectivity index (χ0v) is 21.7. The summed E-state index contributed by atoms with van der Waals surface area (Å²) in [6.45, 7) is 0.164. The summed E-state index contributed by atoms with van der Waals surface area (Å²) in [5, 5.41) is 11.5. The fourth-order valence-corrected chi connectivity index (χ4v) is 5.11. The zero-order valence-electron chi connectivity index (χ0n) is 17.7. The number of para-hydroxylation sites is 1. The fourth-order valence-electron chi connectivity index (χ4n) is 3.38. The fraction of sp³-hybridized carbons (Fsp3) is 0.0400. The van der Waals surface area contributed by atoms with Gasteiger partial charge in [-0.1, -0.05) is 30.3 Å². The number of ether oxygens (including phenoxy) is 1. The van der Waals surface area contributed by atoms with E-state index in [1.54, 1.807) is 36.4 Å². The van der Waals surface area contributed by atoms with Crippen molar-refractivity contribution >= 4 is 72.8 Å². The van der Waals surface area contributed by atoms with Crippen LogP contribution in [0.3, 0.4) is 0 Å². The second-order valence-corrected chi connectivity index (χ2v) is 9.38. The second-order valence-electron chi connectivity index (χ2n) is 7.28. The van der Waals surface area contributed by atoms with Gasteiger partial charge in [0.2, 0.25) is 0 Å². The number of anilines is 1. The van der Waals surface area contributed by atoms with Crippen LogP contribution in [0, 0.1) is 17.1 Å². The lowest BCUT2D eigenvalue weighted by Crippen LogP contribution is -2.54. The van der Waals surface area contributed by atoms with Crippen molar-refractivity contribution < 1.29 is 18.7 Å². The highest BCUT2D eigenvalue weighted by molar-refractivity contribution is 9.11. The monoisotopic (exact) mass is 613 g/mol. The lowest BCUT2D eigenvalue weighted by Gasteiger charge is -2.29. The molecule has 0 radical (unpaired) electrons. The molecule has 0 saturated carbocycles. The summed E-state index contributed by atoms with van der Waals surface area (Å²) in [4.78, 5) is 26.6. The van der Waals surface area contributed by atoms with Gasteiger partial charge in [-0.2, -0.15) is 5.26 Å². The van der Waals surface area contributed by atoms with Gasteiger partial charge in [0.15, 0.2) is 5.11 Å². The molecule has 1 aliphatic rings. The van der Waals surface area contributed by atoms with Crippen LogP contribution in [0.25, 0.3) is 6.08 Å². The molecule has 0 aliphatic carbocycles. The van der Waals surface area contributed by atoms with Gasteiger partial charge >= 0.3 is 0 Å². The van der Waals surface area contributed by atoms with Crippen molar-refractivity contribution in [2.75, 3.05) is 4.90 Å². The topological polar surface area (TPSA) is 82.4 Å². The number of hydrogen-bond donors (Lipinski definition) is 1. The van der Waals surface area contributed by atoms with Crippen LogP contribution in [0.1, 0.15) is 16.7 Å². The Balaban J connectivity index is 1.63. The maximum atomic E-state index is 14.3. The van der Waals surface area contributed by atoms with Crippen LogP contribution >= 0.6 is 44.1 Å². The number of halogens is 3. The van der Waals surface area contributed by atoms with Crippen LogP contribution in [0.2, 0.25) is 0 Å². The number of nitrogens with zero attached hydrogens (tertiary/aromatic N) is 2. The Morgan fingerprint density at radius 3 is 2.43 bits per heavy atom. The maximum absolute atomic E-state index is 14.3. The third kappa shape index (κ3) is 5.17. The van der Waals surface area contributed by atoms with Crippen molar-refractivity contribution in [3.63, 3.8) is 0 Å². The molecule has 6 nitrogen and oxygen atoms in total. The SMILES string of the molecule is N#Cc1ccccc1COc1c(Br)cc(/C=C2\C(=O)NC(=S)N(c3ccccc3F)C2=O)cc1Br. The molecule has 174 valence electrons. The van der Waals surface area contributed by atoms with E-state index in [1.165, 1.54) is 24.3 Å². The summed E-state index contributed by atoms with van der Waals surface area (Å²) in [5.74, 6) is -1.60. The molecular formula is C25H14Br2FN3O3S. The number of rotatable bonds is 5. The molecule has 4 rings (SSSR count). The highest BCUT2D eigenvalue weighted by atomic mass is 79.9. The van der Waals surface area contributed by atoms with Crippen LogP contribution in [0.4, 0.5) is 10.1 Å². The third-order valence-electron chi connectivity index (χ3n) is 5.04. The van der Waals surface area contributed by atoms with Gasteiger partial charge < -0.3 is 4.74 Å². The first-order chi connectivity index (χ1) is 16.8. The molecule has 1 heterocycles. The average molecular weight is 615 g/mol. The third-order valence-corrected chi connectivity index (χ3v) is 6.50. The van der Waals surface area contributed by atoms with Crippen molar-refractivity contribution in [3.8, 4) is 11.8 Å². The molecule has 1 saturated heterocycles. The molecular weight excluding hydrogens is 601 g/mol. The van der Waals surface area contributed by atoms with Crippen LogP contribution < -0.4 is 15.0 Å². The van der Waals surface area contributed by atoms with E-state index < -0.39 is 17.6 Å². The summed E-state index contributed by atoms with van der Waals surface area (Å²) in [7, 11) is 0. The highest BCUT2D eigenvalue weighted by Crippen LogP contribution is 2.36. The molecule has 1 N–H and O–H groups in total. The van der Waals surface area contributed by atoms with Gasteiger partial charge in [-0.3, -0.25) is 14.9 Å². The van der Waals surface area contributed by atoms with E-state index in [2.05, 4.69) is 43.2 Å². The first kappa shape index (κ1) is 24.7. The van der Waals surface area contributed by atoms with Crippen molar-refractivity contribution in [2.24, 2.45) is 0 Å². The van der Waals surface area contributed by atoms with E-state index in [9.17, 15) is 19.2 Å². The molecule has 0 aromatic heterocycles. The summed E-state index contributed by atoms with van der Waals surface area (Å²) in [5.41, 5.74) is 1.48. The number of hydrogen-bond acceptors (Lipinski definition) is 5. The number of nitriles is 1. The molecule has 3 aromatic rings. The Hall–Kier alpha value is -3.39. The summed E-state index contributed by atoms with van der Waals surface area (Å²) in [6, 6.07) is 18.2. The van der Waals surface area contributed by atoms with Gasteiger partial charge in [-0.15, -0.1) is 0 Å². The standard InChI is InChI=1S/C25H14Br2FN3O3S/c26-18-10-14(11-19(27)22(18)34-13-16-6-2-1-5-15(16)12-29)9-17-23(32)30-25(35)31(24(17)33)21-8-4-3-7-20(21)28/h1-11H,13H2,(H,30,32,35)/b17-9+. The van der Waals surface area contributed by atoms with Gasteiger partial charge in [0.25, 0.3) is 11.8 Å². The zero-order chi connectivity index (χ0) is 25.1. The van der Waals surface area contributed by atoms with E-state index >= 15 is 0 Å². The predicted molar refractivity (Wildman–Crippen MR) is 140 cm³/mol. The molecule has 2 amide bonds. The largest absolute Gasteiger partial charge is 0.486 e. The molecule has 0 bridgehead atoms. The van der Waals surface area contributed by atoms with Crippen LogP contribution in [-0.2, 0) is 16.2 Å². The molecule has 0 atom stereocenters. The Bertz CT molecular complexity index is 1430. The van der Waals surface area contributed by atoms with Gasteiger partial charge in [-0.25, -0.2) is 9.29 Å². The van der Waals surface area contributed by atoms with Gasteiger partial charge in [0, 0.05) is 5.56 Å². The first-order valence-electron chi connectivity index (χ1n) is 10.1. The second kappa shape index (κ2) is 10.5. The van der Waals surface area contributed by atoms with Crippen molar-refractivity contribution in [2.45, 2.75) is 6.61 Å². The maximum Gasteiger partial charge on any atom is 0.270 e. The average Bonchev–Trinajstić information content (AvgIpc) is 2.82. The smallest absolute Gasteiger partial charge is 0.270 e. The number of thiocarbonyl (C=S) groups is 1. The minimum Gasteiger partial charge on any atom is -0.486 e. The van der Waals surface area contributed by atoms with Crippen molar-refractivity contribution in [1.29, 1.82) is 5.26 Å². The van der Waals surface area contributed by atoms with Gasteiger partial charge in [-0.05, 0) is 86.0 Å². The van der Waals surface area contributed by atoms with Crippen molar-refractivity contribution in [1.82, 2.24) is 5.32 Å². The van der Waals surface area contributed by atoms with E-state index in [0.29, 0.717) is 25.8 Å². The van der Waals surface area contributed by atoms with E-state index in [1.807, 2.05) is 6.07 Å². The number of carbonyl (C=O) groups excluding carboxylic acids is 2. The van der Waals surface area contributed by atoms with Gasteiger partial charge in [0.1, 0.15) is 23.7 Å². The number of carbonyl (C=O) groups is 2. The molecule has 1 fully saturated rings. The number of nitrogens with one attached hydrogen (secondary N) is 1. The van der Waals surface area contributed by atoms with Crippen LogP contribution in [-0.4, -0.2) is 16.9 Å². The Morgan fingerprint density at radius 1 is 1.09 bits per heavy atom. The molecule has 1 aliphatic heterocycles. The Morgan fingerprint density at radius 2 is 1.74 bits per heavy atom. The Kier molecular flexibility index (Phi) is 7.40. The number of benzene rings is 3. The molecule has 0 spiro atoms. The summed E-state index contributed by atoms with van der Waals surface area (Å²) < 4.78 is 21.4. The predicted octanol–water partition coefficient (Wildman–Crippen LogP) is 5.63. The van der Waals surface area contributed by atoms with E-state index in [-0.39, 0.29) is 23.0 Å². The van der Waals surface area contributed by atoms with Crippen LogP contribution in [0.15, 0.2) is 75.2 Å². The Labute approximate surface area is 222 Å². The van der Waals surface area contributed by atoms with Gasteiger partial charge in [0.05, 0.1) is 26.3 Å². The van der Waals surface area contributed by atoms with Crippen molar-refractivity contribution in [3.05, 3.63) is 97.7 Å². The van der Waals surface area contributed by atoms with E-state index in [4.69, 9.17) is 17.0 Å².